The van der Waals surface area contributed by atoms with Gasteiger partial charge in [0, 0.05) is 43.3 Å². The van der Waals surface area contributed by atoms with Gasteiger partial charge in [-0.05, 0) is 62.6 Å². The maximum Gasteiger partial charge on any atom is 0.229 e. The maximum absolute atomic E-state index is 9.61. The van der Waals surface area contributed by atoms with Crippen LogP contribution in [0.15, 0.2) is 67.0 Å². The molecule has 0 amide bonds. The summed E-state index contributed by atoms with van der Waals surface area (Å²) in [6.45, 7) is 0. The second kappa shape index (κ2) is 9.36. The Morgan fingerprint density at radius 2 is 1.77 bits per heavy atom. The fourth-order valence-electron chi connectivity index (χ4n) is 4.20. The average molecular weight is 473 g/mol. The zero-order chi connectivity index (χ0) is 24.4. The standard InChI is InChI=1S/C26H28N6O3/c1-32(2)26(34-3)14-22(15-26)35-21-8-5-18(6-9-21)30-25-27-11-10-24(31-25)29-19-12-17-4-7-20(33)13-23(17)28-16-19/h4-13,16,22,33H,14-15H2,1-3H3,(H2,27,29,30,31). The highest BCUT2D eigenvalue weighted by Gasteiger charge is 2.48. The number of benzene rings is 2. The van der Waals surface area contributed by atoms with Crippen molar-refractivity contribution in [2.24, 2.45) is 0 Å². The van der Waals surface area contributed by atoms with E-state index in [2.05, 4.69) is 30.5 Å². The summed E-state index contributed by atoms with van der Waals surface area (Å²) in [4.78, 5) is 15.3. The SMILES string of the molecule is COC1(N(C)C)CC(Oc2ccc(Nc3nccc(Nc4cnc5cc(O)ccc5c4)n3)cc2)C1. The summed E-state index contributed by atoms with van der Waals surface area (Å²) in [5.74, 6) is 2.11. The number of rotatable bonds is 8. The normalized spacial score (nSPS) is 19.4. The van der Waals surface area contributed by atoms with Crippen LogP contribution in [0.1, 0.15) is 12.8 Å². The zero-order valence-electron chi connectivity index (χ0n) is 19.9. The fourth-order valence-corrected chi connectivity index (χ4v) is 4.20. The first-order chi connectivity index (χ1) is 16.9. The molecule has 0 radical (unpaired) electrons. The Morgan fingerprint density at radius 3 is 2.51 bits per heavy atom. The molecule has 1 aliphatic carbocycles. The molecule has 9 heteroatoms. The van der Waals surface area contributed by atoms with E-state index in [1.165, 1.54) is 0 Å². The van der Waals surface area contributed by atoms with Gasteiger partial charge in [0.15, 0.2) is 0 Å². The number of nitrogens with zero attached hydrogens (tertiary/aromatic N) is 4. The fraction of sp³-hybridized carbons (Fsp3) is 0.269. The molecule has 3 N–H and O–H groups in total. The molecular formula is C26H28N6O3. The van der Waals surface area contributed by atoms with Gasteiger partial charge in [-0.15, -0.1) is 0 Å². The van der Waals surface area contributed by atoms with Crippen LogP contribution in [0.4, 0.5) is 23.1 Å². The molecular weight excluding hydrogens is 444 g/mol. The first-order valence-electron chi connectivity index (χ1n) is 11.4. The van der Waals surface area contributed by atoms with Gasteiger partial charge in [0.05, 0.1) is 17.4 Å². The monoisotopic (exact) mass is 472 g/mol. The second-order valence-electron chi connectivity index (χ2n) is 8.83. The molecule has 4 aromatic rings. The molecule has 2 aromatic heterocycles. The lowest BCUT2D eigenvalue weighted by Gasteiger charge is -2.50. The number of fused-ring (bicyclic) bond motifs is 1. The number of phenols is 1. The van der Waals surface area contributed by atoms with Gasteiger partial charge in [0.1, 0.15) is 29.1 Å². The predicted octanol–water partition coefficient (Wildman–Crippen LogP) is 4.66. The minimum atomic E-state index is -0.228. The minimum Gasteiger partial charge on any atom is -0.508 e. The van der Waals surface area contributed by atoms with Gasteiger partial charge < -0.3 is 25.2 Å². The van der Waals surface area contributed by atoms with Crippen molar-refractivity contribution in [2.45, 2.75) is 24.7 Å². The highest BCUT2D eigenvalue weighted by Crippen LogP contribution is 2.39. The van der Waals surface area contributed by atoms with Crippen LogP contribution in [-0.4, -0.2) is 58.0 Å². The molecule has 0 bridgehead atoms. The summed E-state index contributed by atoms with van der Waals surface area (Å²) in [5, 5.41) is 17.0. The third kappa shape index (κ3) is 4.96. The maximum atomic E-state index is 9.61. The molecule has 5 rings (SSSR count). The number of hydrogen-bond donors (Lipinski definition) is 3. The minimum absolute atomic E-state index is 0.137. The smallest absolute Gasteiger partial charge is 0.229 e. The molecule has 0 atom stereocenters. The van der Waals surface area contributed by atoms with E-state index in [1.54, 1.807) is 37.7 Å². The van der Waals surface area contributed by atoms with Crippen LogP contribution in [0.3, 0.4) is 0 Å². The van der Waals surface area contributed by atoms with Crippen LogP contribution < -0.4 is 15.4 Å². The van der Waals surface area contributed by atoms with Gasteiger partial charge in [0.2, 0.25) is 5.95 Å². The van der Waals surface area contributed by atoms with Crippen molar-refractivity contribution in [3.05, 3.63) is 67.0 Å². The van der Waals surface area contributed by atoms with E-state index >= 15 is 0 Å². The lowest BCUT2D eigenvalue weighted by atomic mass is 9.83. The molecule has 0 spiro atoms. The Bertz CT molecular complexity index is 1320. The molecule has 0 saturated heterocycles. The van der Waals surface area contributed by atoms with E-state index in [-0.39, 0.29) is 17.6 Å². The lowest BCUT2D eigenvalue weighted by molar-refractivity contribution is -0.204. The van der Waals surface area contributed by atoms with Crippen LogP contribution in [0.5, 0.6) is 11.5 Å². The summed E-state index contributed by atoms with van der Waals surface area (Å²) in [5.41, 5.74) is 2.14. The number of anilines is 4. The van der Waals surface area contributed by atoms with Gasteiger partial charge >= 0.3 is 0 Å². The Kier molecular flexibility index (Phi) is 6.10. The summed E-state index contributed by atoms with van der Waals surface area (Å²) < 4.78 is 11.8. The van der Waals surface area contributed by atoms with E-state index in [9.17, 15) is 5.11 Å². The number of aromatic hydroxyl groups is 1. The summed E-state index contributed by atoms with van der Waals surface area (Å²) in [6.07, 6.45) is 5.19. The summed E-state index contributed by atoms with van der Waals surface area (Å²) in [7, 11) is 5.80. The summed E-state index contributed by atoms with van der Waals surface area (Å²) in [6, 6.07) is 16.6. The van der Waals surface area contributed by atoms with Gasteiger partial charge in [-0.3, -0.25) is 9.88 Å². The molecule has 35 heavy (non-hydrogen) atoms. The molecule has 9 nitrogen and oxygen atoms in total. The van der Waals surface area contributed by atoms with Crippen molar-refractivity contribution >= 4 is 34.0 Å². The van der Waals surface area contributed by atoms with Crippen molar-refractivity contribution in [3.8, 4) is 11.5 Å². The van der Waals surface area contributed by atoms with E-state index in [0.717, 1.165) is 40.9 Å². The number of phenolic OH excluding ortho intramolecular Hbond substituents is 1. The van der Waals surface area contributed by atoms with Crippen LogP contribution >= 0.6 is 0 Å². The third-order valence-electron chi connectivity index (χ3n) is 6.30. The number of methoxy groups -OCH3 is 1. The van der Waals surface area contributed by atoms with Crippen molar-refractivity contribution in [1.29, 1.82) is 0 Å². The van der Waals surface area contributed by atoms with Crippen LogP contribution in [0.25, 0.3) is 10.9 Å². The topological polar surface area (TPSA) is 105 Å². The largest absolute Gasteiger partial charge is 0.508 e. The van der Waals surface area contributed by atoms with Crippen LogP contribution in [0.2, 0.25) is 0 Å². The molecule has 1 fully saturated rings. The van der Waals surface area contributed by atoms with Crippen LogP contribution in [-0.2, 0) is 4.74 Å². The number of pyridine rings is 1. The number of aromatic nitrogens is 3. The molecule has 180 valence electrons. The second-order valence-corrected chi connectivity index (χ2v) is 8.83. The van der Waals surface area contributed by atoms with Gasteiger partial charge in [0.25, 0.3) is 0 Å². The van der Waals surface area contributed by atoms with E-state index in [0.29, 0.717) is 11.8 Å². The first kappa shape index (κ1) is 22.8. The predicted molar refractivity (Wildman–Crippen MR) is 136 cm³/mol. The number of nitrogens with one attached hydrogen (secondary N) is 2. The average Bonchev–Trinajstić information content (AvgIpc) is 2.82. The Hall–Kier alpha value is -3.95. The van der Waals surface area contributed by atoms with Crippen LogP contribution in [0, 0.1) is 0 Å². The zero-order valence-corrected chi connectivity index (χ0v) is 19.9. The highest BCUT2D eigenvalue weighted by molar-refractivity contribution is 5.83. The molecule has 0 aliphatic heterocycles. The van der Waals surface area contributed by atoms with Gasteiger partial charge in [-0.25, -0.2) is 4.98 Å². The third-order valence-corrected chi connectivity index (χ3v) is 6.30. The van der Waals surface area contributed by atoms with Crippen molar-refractivity contribution < 1.29 is 14.6 Å². The van der Waals surface area contributed by atoms with Gasteiger partial charge in [-0.1, -0.05) is 0 Å². The first-order valence-corrected chi connectivity index (χ1v) is 11.4. The molecule has 2 heterocycles. The Morgan fingerprint density at radius 1 is 0.971 bits per heavy atom. The molecule has 0 unspecified atom stereocenters. The highest BCUT2D eigenvalue weighted by atomic mass is 16.5. The van der Waals surface area contributed by atoms with E-state index in [1.807, 2.05) is 50.5 Å². The number of hydrogen-bond acceptors (Lipinski definition) is 9. The van der Waals surface area contributed by atoms with Crippen molar-refractivity contribution in [2.75, 3.05) is 31.8 Å². The summed E-state index contributed by atoms with van der Waals surface area (Å²) >= 11 is 0. The number of ether oxygens (including phenoxy) is 2. The quantitative estimate of drug-likeness (QED) is 0.316. The molecule has 2 aromatic carbocycles. The molecule has 1 aliphatic rings. The van der Waals surface area contributed by atoms with E-state index < -0.39 is 0 Å². The van der Waals surface area contributed by atoms with Crippen molar-refractivity contribution in [1.82, 2.24) is 19.9 Å². The lowest BCUT2D eigenvalue weighted by Crippen LogP contribution is -2.59. The Labute approximate surface area is 203 Å². The van der Waals surface area contributed by atoms with Gasteiger partial charge in [-0.2, -0.15) is 4.98 Å². The molecule has 1 saturated carbocycles. The Balaban J connectivity index is 1.20. The van der Waals surface area contributed by atoms with E-state index in [4.69, 9.17) is 9.47 Å². The van der Waals surface area contributed by atoms with Crippen molar-refractivity contribution in [3.63, 3.8) is 0 Å².